The molecule has 21 heavy (non-hydrogen) atoms. The van der Waals surface area contributed by atoms with Crippen LogP contribution in [-0.2, 0) is 14.8 Å². The van der Waals surface area contributed by atoms with Crippen LogP contribution in [0.4, 0.5) is 10.7 Å². The van der Waals surface area contributed by atoms with Gasteiger partial charge in [0.25, 0.3) is 10.0 Å². The molecule has 2 atom stereocenters. The van der Waals surface area contributed by atoms with Crippen LogP contribution in [0.25, 0.3) is 0 Å². The van der Waals surface area contributed by atoms with Crippen molar-refractivity contribution in [1.82, 2.24) is 4.31 Å². The number of thiophene rings is 1. The highest BCUT2D eigenvalue weighted by molar-refractivity contribution is 7.91. The zero-order chi connectivity index (χ0) is 15.8. The maximum Gasteiger partial charge on any atom is 0.304 e. The molecule has 2 heterocycles. The predicted molar refractivity (Wildman–Crippen MR) is 78.7 cm³/mol. The Kier molecular flexibility index (Phi) is 4.51. The molecule has 0 amide bonds. The van der Waals surface area contributed by atoms with E-state index in [2.05, 4.69) is 0 Å². The van der Waals surface area contributed by atoms with Gasteiger partial charge in [0, 0.05) is 26.3 Å². The summed E-state index contributed by atoms with van der Waals surface area (Å²) < 4.78 is 31.6. The second-order valence-electron chi connectivity index (χ2n) is 4.98. The van der Waals surface area contributed by atoms with Gasteiger partial charge in [-0.15, -0.1) is 0 Å². The van der Waals surface area contributed by atoms with Crippen molar-refractivity contribution < 1.29 is 18.1 Å². The third kappa shape index (κ3) is 3.03. The molecule has 1 aliphatic rings. The lowest BCUT2D eigenvalue weighted by atomic mass is 9.97. The first kappa shape index (κ1) is 16.1. The van der Waals surface area contributed by atoms with Crippen molar-refractivity contribution in [3.8, 4) is 0 Å². The molecule has 2 rings (SSSR count). The fourth-order valence-electron chi connectivity index (χ4n) is 2.30. The lowest BCUT2D eigenvalue weighted by Crippen LogP contribution is -2.46. The third-order valence-corrected chi connectivity index (χ3v) is 6.93. The van der Waals surface area contributed by atoms with E-state index in [4.69, 9.17) is 10.5 Å². The zero-order valence-electron chi connectivity index (χ0n) is 11.7. The highest BCUT2D eigenvalue weighted by Crippen LogP contribution is 2.36. The Bertz CT molecular complexity index is 642. The molecule has 2 N–H and O–H groups in total. The van der Waals surface area contributed by atoms with E-state index in [1.165, 1.54) is 4.31 Å². The van der Waals surface area contributed by atoms with Gasteiger partial charge >= 0.3 is 5.69 Å². The lowest BCUT2D eigenvalue weighted by molar-refractivity contribution is -0.383. The fraction of sp³-hybridized carbons (Fsp3) is 0.636. The Morgan fingerprint density at radius 3 is 2.76 bits per heavy atom. The van der Waals surface area contributed by atoms with E-state index in [0.717, 1.165) is 17.4 Å². The molecule has 1 fully saturated rings. The summed E-state index contributed by atoms with van der Waals surface area (Å²) in [5.74, 6) is 0.268. The molecular formula is C11H17N3O5S2. The number of hydrogen-bond acceptors (Lipinski definition) is 7. The summed E-state index contributed by atoms with van der Waals surface area (Å²) >= 11 is 0.719. The number of rotatable bonds is 4. The molecular weight excluding hydrogens is 318 g/mol. The van der Waals surface area contributed by atoms with E-state index in [9.17, 15) is 18.5 Å². The number of hydrogen-bond donors (Lipinski definition) is 1. The molecule has 1 aromatic rings. The number of nitrogen functional groups attached to an aromatic ring is 1. The quantitative estimate of drug-likeness (QED) is 0.654. The number of nitrogens with two attached hydrogens (primary N) is 1. The van der Waals surface area contributed by atoms with E-state index in [1.807, 2.05) is 6.92 Å². The van der Waals surface area contributed by atoms with Crippen molar-refractivity contribution in [3.63, 3.8) is 0 Å². The monoisotopic (exact) mass is 335 g/mol. The highest BCUT2D eigenvalue weighted by atomic mass is 32.2. The van der Waals surface area contributed by atoms with Gasteiger partial charge in [-0.05, 0) is 12.3 Å². The van der Waals surface area contributed by atoms with Crippen LogP contribution in [0.3, 0.4) is 0 Å². The standard InChI is InChI=1S/C11H17N3O5S2/c1-7-3-4-13(6-9(7)19-2)21(17,18)10-5-8(14(15)16)11(12)20-10/h5,7,9H,3-4,6,12H2,1-2H3. The van der Waals surface area contributed by atoms with Crippen LogP contribution in [0.2, 0.25) is 0 Å². The average Bonchev–Trinajstić information content (AvgIpc) is 2.82. The molecule has 118 valence electrons. The number of piperidine rings is 1. The van der Waals surface area contributed by atoms with Gasteiger partial charge in [0.1, 0.15) is 4.21 Å². The molecule has 0 radical (unpaired) electrons. The smallest absolute Gasteiger partial charge is 0.304 e. The van der Waals surface area contributed by atoms with Crippen LogP contribution in [0.1, 0.15) is 13.3 Å². The molecule has 8 nitrogen and oxygen atoms in total. The van der Waals surface area contributed by atoms with Crippen molar-refractivity contribution in [3.05, 3.63) is 16.2 Å². The summed E-state index contributed by atoms with van der Waals surface area (Å²) in [5.41, 5.74) is 5.14. The number of sulfonamides is 1. The fourth-order valence-corrected chi connectivity index (χ4v) is 5.14. The summed E-state index contributed by atoms with van der Waals surface area (Å²) in [7, 11) is -2.23. The van der Waals surface area contributed by atoms with Gasteiger partial charge in [-0.25, -0.2) is 8.42 Å². The van der Waals surface area contributed by atoms with E-state index < -0.39 is 14.9 Å². The number of ether oxygens (including phenoxy) is 1. The minimum atomic E-state index is -3.78. The summed E-state index contributed by atoms with van der Waals surface area (Å²) in [6.07, 6.45) is 0.501. The molecule has 10 heteroatoms. The number of nitro groups is 1. The van der Waals surface area contributed by atoms with Crippen LogP contribution in [0.15, 0.2) is 10.3 Å². The Balaban J connectivity index is 2.30. The number of nitrogens with zero attached hydrogens (tertiary/aromatic N) is 2. The SMILES string of the molecule is COC1CN(S(=O)(=O)c2cc([N+](=O)[O-])c(N)s2)CCC1C. The normalized spacial score (nSPS) is 24.1. The zero-order valence-corrected chi connectivity index (χ0v) is 13.3. The van der Waals surface area contributed by atoms with Crippen molar-refractivity contribution in [2.45, 2.75) is 23.7 Å². The van der Waals surface area contributed by atoms with E-state index in [1.54, 1.807) is 7.11 Å². The molecule has 0 saturated carbocycles. The summed E-state index contributed by atoms with van der Waals surface area (Å²) in [6, 6.07) is 1.02. The van der Waals surface area contributed by atoms with Gasteiger partial charge in [0.2, 0.25) is 0 Å². The van der Waals surface area contributed by atoms with Gasteiger partial charge in [-0.2, -0.15) is 4.31 Å². The predicted octanol–water partition coefficient (Wildman–Crippen LogP) is 1.28. The largest absolute Gasteiger partial charge is 0.385 e. The van der Waals surface area contributed by atoms with Gasteiger partial charge in [-0.1, -0.05) is 18.3 Å². The third-order valence-electron chi connectivity index (χ3n) is 3.66. The maximum absolute atomic E-state index is 12.5. The molecule has 0 aliphatic carbocycles. The van der Waals surface area contributed by atoms with Gasteiger partial charge in [-0.3, -0.25) is 10.1 Å². The summed E-state index contributed by atoms with van der Waals surface area (Å²) in [5, 5.41) is 10.7. The number of anilines is 1. The minimum Gasteiger partial charge on any atom is -0.385 e. The van der Waals surface area contributed by atoms with Crippen molar-refractivity contribution in [2.75, 3.05) is 25.9 Å². The minimum absolute atomic E-state index is 0.101. The Labute approximate surface area is 126 Å². The van der Waals surface area contributed by atoms with E-state index in [0.29, 0.717) is 13.0 Å². The van der Waals surface area contributed by atoms with Crippen molar-refractivity contribution in [1.29, 1.82) is 0 Å². The van der Waals surface area contributed by atoms with Crippen LogP contribution in [-0.4, -0.2) is 43.9 Å². The molecule has 0 aromatic carbocycles. The van der Waals surface area contributed by atoms with Crippen LogP contribution in [0.5, 0.6) is 0 Å². The molecule has 0 bridgehead atoms. The molecule has 0 spiro atoms. The first-order valence-corrected chi connectivity index (χ1v) is 8.59. The summed E-state index contributed by atoms with van der Waals surface area (Å²) in [6.45, 7) is 2.62. The van der Waals surface area contributed by atoms with Crippen LogP contribution >= 0.6 is 11.3 Å². The second kappa shape index (κ2) is 5.87. The summed E-state index contributed by atoms with van der Waals surface area (Å²) in [4.78, 5) is 10.1. The van der Waals surface area contributed by atoms with Crippen molar-refractivity contribution in [2.24, 2.45) is 5.92 Å². The van der Waals surface area contributed by atoms with Gasteiger partial charge < -0.3 is 10.5 Å². The van der Waals surface area contributed by atoms with Crippen LogP contribution < -0.4 is 5.73 Å². The highest BCUT2D eigenvalue weighted by Gasteiger charge is 2.36. The van der Waals surface area contributed by atoms with E-state index >= 15 is 0 Å². The van der Waals surface area contributed by atoms with E-state index in [-0.39, 0.29) is 33.5 Å². The first-order chi connectivity index (χ1) is 9.77. The number of methoxy groups -OCH3 is 1. The molecule has 1 saturated heterocycles. The second-order valence-corrected chi connectivity index (χ2v) is 8.22. The Morgan fingerprint density at radius 2 is 2.24 bits per heavy atom. The molecule has 1 aliphatic heterocycles. The van der Waals surface area contributed by atoms with Crippen LogP contribution in [0, 0.1) is 16.0 Å². The van der Waals surface area contributed by atoms with Crippen molar-refractivity contribution >= 4 is 32.0 Å². The molecule has 1 aromatic heterocycles. The Hall–Kier alpha value is -1.23. The topological polar surface area (TPSA) is 116 Å². The molecule has 2 unspecified atom stereocenters. The lowest BCUT2D eigenvalue weighted by Gasteiger charge is -2.34. The first-order valence-electron chi connectivity index (χ1n) is 6.34. The maximum atomic E-state index is 12.5. The van der Waals surface area contributed by atoms with Gasteiger partial charge in [0.15, 0.2) is 5.00 Å². The van der Waals surface area contributed by atoms with Gasteiger partial charge in [0.05, 0.1) is 11.0 Å². The average molecular weight is 335 g/mol. The Morgan fingerprint density at radius 1 is 1.57 bits per heavy atom.